The van der Waals surface area contributed by atoms with Gasteiger partial charge in [-0.05, 0) is 25.7 Å². The monoisotopic (exact) mass is 228 g/mol. The van der Waals surface area contributed by atoms with Gasteiger partial charge in [-0.2, -0.15) is 0 Å². The van der Waals surface area contributed by atoms with Crippen molar-refractivity contribution in [2.24, 2.45) is 0 Å². The summed E-state index contributed by atoms with van der Waals surface area (Å²) in [5.41, 5.74) is 0.866. The van der Waals surface area contributed by atoms with Gasteiger partial charge >= 0.3 is 0 Å². The summed E-state index contributed by atoms with van der Waals surface area (Å²) >= 11 is 6.11. The van der Waals surface area contributed by atoms with Crippen molar-refractivity contribution in [3.8, 4) is 0 Å². The maximum atomic E-state index is 12.1. The summed E-state index contributed by atoms with van der Waals surface area (Å²) in [6, 6.07) is 0. The smallest absolute Gasteiger partial charge is 0.251 e. The van der Waals surface area contributed by atoms with Gasteiger partial charge in [-0.1, -0.05) is 11.6 Å². The topological polar surface area (TPSA) is 32.3 Å². The largest absolute Gasteiger partial charge is 0.336 e. The highest BCUT2D eigenvalue weighted by atomic mass is 35.5. The van der Waals surface area contributed by atoms with Crippen LogP contribution in [0.3, 0.4) is 0 Å². The first-order valence-electron chi connectivity index (χ1n) is 5.66. The maximum Gasteiger partial charge on any atom is 0.251 e. The Bertz CT molecular complexity index is 282. The van der Waals surface area contributed by atoms with E-state index in [-0.39, 0.29) is 5.91 Å². The molecule has 0 atom stereocenters. The molecule has 1 heterocycles. The van der Waals surface area contributed by atoms with Gasteiger partial charge in [0.1, 0.15) is 0 Å². The molecule has 15 heavy (non-hydrogen) atoms. The highest BCUT2D eigenvalue weighted by Gasteiger charge is 2.23. The molecule has 1 amide bonds. The van der Waals surface area contributed by atoms with E-state index >= 15 is 0 Å². The number of halogens is 1. The van der Waals surface area contributed by atoms with Gasteiger partial charge in [-0.25, -0.2) is 0 Å². The third-order valence-electron chi connectivity index (χ3n) is 3.06. The van der Waals surface area contributed by atoms with Crippen molar-refractivity contribution in [2.45, 2.75) is 25.7 Å². The Kier molecular flexibility index (Phi) is 3.65. The third kappa shape index (κ3) is 2.52. The summed E-state index contributed by atoms with van der Waals surface area (Å²) in [4.78, 5) is 14.0. The lowest BCUT2D eigenvalue weighted by atomic mass is 9.98. The fourth-order valence-electron chi connectivity index (χ4n) is 2.15. The molecular weight excluding hydrogens is 212 g/mol. The molecule has 0 spiro atoms. The molecule has 1 fully saturated rings. The Morgan fingerprint density at radius 3 is 2.53 bits per heavy atom. The first-order valence-corrected chi connectivity index (χ1v) is 6.04. The van der Waals surface area contributed by atoms with Crippen LogP contribution in [0.4, 0.5) is 0 Å². The minimum atomic E-state index is 0.168. The minimum Gasteiger partial charge on any atom is -0.336 e. The molecule has 0 saturated carbocycles. The zero-order valence-corrected chi connectivity index (χ0v) is 9.65. The van der Waals surface area contributed by atoms with Crippen LogP contribution in [0, 0.1) is 0 Å². The number of amides is 1. The van der Waals surface area contributed by atoms with Gasteiger partial charge in [0.05, 0.1) is 0 Å². The van der Waals surface area contributed by atoms with E-state index in [1.165, 1.54) is 0 Å². The maximum absolute atomic E-state index is 12.1. The van der Waals surface area contributed by atoms with Gasteiger partial charge in [0.2, 0.25) is 0 Å². The molecule has 0 radical (unpaired) electrons. The number of hydrogen-bond acceptors (Lipinski definition) is 2. The molecule has 0 aromatic carbocycles. The van der Waals surface area contributed by atoms with Gasteiger partial charge in [-0.15, -0.1) is 0 Å². The van der Waals surface area contributed by atoms with Crippen LogP contribution in [0.1, 0.15) is 25.7 Å². The van der Waals surface area contributed by atoms with Gasteiger partial charge in [0.25, 0.3) is 5.91 Å². The second kappa shape index (κ2) is 4.99. The van der Waals surface area contributed by atoms with Crippen molar-refractivity contribution >= 4 is 17.5 Å². The number of nitrogens with one attached hydrogen (secondary N) is 1. The molecule has 84 valence electrons. The summed E-state index contributed by atoms with van der Waals surface area (Å²) in [6.45, 7) is 3.42. The number of piperazine rings is 1. The van der Waals surface area contributed by atoms with E-state index in [0.717, 1.165) is 62.5 Å². The van der Waals surface area contributed by atoms with Crippen LogP contribution in [-0.4, -0.2) is 37.0 Å². The SMILES string of the molecule is O=C(C1=C(Cl)CCCC1)N1CCNCC1. The zero-order chi connectivity index (χ0) is 10.7. The van der Waals surface area contributed by atoms with Crippen molar-refractivity contribution in [3.05, 3.63) is 10.6 Å². The van der Waals surface area contributed by atoms with Gasteiger partial charge in [-0.3, -0.25) is 4.79 Å². The van der Waals surface area contributed by atoms with Crippen molar-refractivity contribution in [1.29, 1.82) is 0 Å². The highest BCUT2D eigenvalue weighted by molar-refractivity contribution is 6.32. The normalized spacial score (nSPS) is 23.1. The summed E-state index contributed by atoms with van der Waals surface area (Å²) in [7, 11) is 0. The van der Waals surface area contributed by atoms with E-state index in [9.17, 15) is 4.79 Å². The Balaban J connectivity index is 2.05. The quantitative estimate of drug-likeness (QED) is 0.738. The first kappa shape index (κ1) is 11.0. The van der Waals surface area contributed by atoms with E-state index in [4.69, 9.17) is 11.6 Å². The lowest BCUT2D eigenvalue weighted by Crippen LogP contribution is -2.47. The molecule has 0 aromatic heterocycles. The molecule has 1 aliphatic heterocycles. The summed E-state index contributed by atoms with van der Waals surface area (Å²) < 4.78 is 0. The van der Waals surface area contributed by atoms with Crippen LogP contribution in [0.15, 0.2) is 10.6 Å². The van der Waals surface area contributed by atoms with Crippen molar-refractivity contribution in [2.75, 3.05) is 26.2 Å². The van der Waals surface area contributed by atoms with Crippen molar-refractivity contribution in [1.82, 2.24) is 10.2 Å². The average molecular weight is 229 g/mol. The van der Waals surface area contributed by atoms with E-state index < -0.39 is 0 Å². The minimum absolute atomic E-state index is 0.168. The first-order chi connectivity index (χ1) is 7.29. The third-order valence-corrected chi connectivity index (χ3v) is 3.48. The molecule has 2 rings (SSSR count). The second-order valence-corrected chi connectivity index (χ2v) is 4.59. The molecule has 1 N–H and O–H groups in total. The Labute approximate surface area is 95.5 Å². The molecule has 1 aliphatic carbocycles. The lowest BCUT2D eigenvalue weighted by molar-refractivity contribution is -0.127. The number of allylic oxidation sites excluding steroid dienone is 1. The van der Waals surface area contributed by atoms with Gasteiger partial charge in [0, 0.05) is 36.8 Å². The van der Waals surface area contributed by atoms with E-state index in [0.29, 0.717) is 0 Å². The molecule has 0 bridgehead atoms. The molecule has 1 saturated heterocycles. The van der Waals surface area contributed by atoms with Crippen molar-refractivity contribution < 1.29 is 4.79 Å². The van der Waals surface area contributed by atoms with Crippen LogP contribution >= 0.6 is 11.6 Å². The summed E-state index contributed by atoms with van der Waals surface area (Å²) in [5, 5.41) is 4.04. The molecule has 0 unspecified atom stereocenters. The van der Waals surface area contributed by atoms with Crippen LogP contribution in [0.5, 0.6) is 0 Å². The Morgan fingerprint density at radius 1 is 1.20 bits per heavy atom. The fraction of sp³-hybridized carbons (Fsp3) is 0.727. The number of carbonyl (C=O) groups is 1. The molecule has 2 aliphatic rings. The Hall–Kier alpha value is -0.540. The van der Waals surface area contributed by atoms with Crippen LogP contribution in [0.2, 0.25) is 0 Å². The molecular formula is C11H17ClN2O. The van der Waals surface area contributed by atoms with E-state index in [1.807, 2.05) is 4.90 Å². The number of rotatable bonds is 1. The number of hydrogen-bond donors (Lipinski definition) is 1. The van der Waals surface area contributed by atoms with Gasteiger partial charge < -0.3 is 10.2 Å². The average Bonchev–Trinajstić information content (AvgIpc) is 2.30. The molecule has 3 nitrogen and oxygen atoms in total. The molecule has 0 aromatic rings. The van der Waals surface area contributed by atoms with Crippen LogP contribution < -0.4 is 5.32 Å². The lowest BCUT2D eigenvalue weighted by Gasteiger charge is -2.29. The highest BCUT2D eigenvalue weighted by Crippen LogP contribution is 2.28. The standard InChI is InChI=1S/C11H17ClN2O/c12-10-4-2-1-3-9(10)11(15)14-7-5-13-6-8-14/h13H,1-8H2. The number of nitrogens with zero attached hydrogens (tertiary/aromatic N) is 1. The number of carbonyl (C=O) groups excluding carboxylic acids is 1. The summed E-state index contributed by atoms with van der Waals surface area (Å²) in [6.07, 6.45) is 3.97. The second-order valence-electron chi connectivity index (χ2n) is 4.13. The predicted molar refractivity (Wildman–Crippen MR) is 60.8 cm³/mol. The van der Waals surface area contributed by atoms with Crippen LogP contribution in [0.25, 0.3) is 0 Å². The van der Waals surface area contributed by atoms with Gasteiger partial charge in [0.15, 0.2) is 0 Å². The summed E-state index contributed by atoms with van der Waals surface area (Å²) in [5.74, 6) is 0.168. The molecule has 4 heteroatoms. The zero-order valence-electron chi connectivity index (χ0n) is 8.89. The van der Waals surface area contributed by atoms with E-state index in [1.54, 1.807) is 0 Å². The Morgan fingerprint density at radius 2 is 1.87 bits per heavy atom. The fourth-order valence-corrected chi connectivity index (χ4v) is 2.46. The predicted octanol–water partition coefficient (Wildman–Crippen LogP) is 1.49. The van der Waals surface area contributed by atoms with E-state index in [2.05, 4.69) is 5.32 Å². The van der Waals surface area contributed by atoms with Crippen LogP contribution in [-0.2, 0) is 4.79 Å². The van der Waals surface area contributed by atoms with Crippen molar-refractivity contribution in [3.63, 3.8) is 0 Å².